The van der Waals surface area contributed by atoms with E-state index in [4.69, 9.17) is 0 Å². The zero-order valence-electron chi connectivity index (χ0n) is 13.3. The SMILES string of the molecule is O=C(CCCC(=O)Nc1ccc(Br)cc1)N/N=C/c1cccc(I)c1. The second-order valence-electron chi connectivity index (χ2n) is 5.26. The van der Waals surface area contributed by atoms with Crippen LogP contribution in [-0.2, 0) is 9.59 Å². The van der Waals surface area contributed by atoms with Crippen molar-refractivity contribution in [2.45, 2.75) is 19.3 Å². The molecule has 0 unspecified atom stereocenters. The minimum Gasteiger partial charge on any atom is -0.326 e. The highest BCUT2D eigenvalue weighted by molar-refractivity contribution is 14.1. The maximum Gasteiger partial charge on any atom is 0.240 e. The molecule has 0 aliphatic carbocycles. The number of hydrazone groups is 1. The maximum atomic E-state index is 11.8. The predicted molar refractivity (Wildman–Crippen MR) is 112 cm³/mol. The van der Waals surface area contributed by atoms with E-state index in [-0.39, 0.29) is 24.7 Å². The molecule has 0 aliphatic heterocycles. The van der Waals surface area contributed by atoms with E-state index < -0.39 is 0 Å². The molecule has 0 spiro atoms. The van der Waals surface area contributed by atoms with E-state index in [0.717, 1.165) is 19.3 Å². The third-order valence-corrected chi connectivity index (χ3v) is 4.39. The Hall–Kier alpha value is -1.74. The number of anilines is 1. The van der Waals surface area contributed by atoms with Gasteiger partial charge in [-0.05, 0) is 71.0 Å². The van der Waals surface area contributed by atoms with Crippen LogP contribution in [0.25, 0.3) is 0 Å². The molecule has 0 aliphatic rings. The highest BCUT2D eigenvalue weighted by atomic mass is 127. The quantitative estimate of drug-likeness (QED) is 0.329. The van der Waals surface area contributed by atoms with E-state index in [9.17, 15) is 9.59 Å². The number of carbonyl (C=O) groups is 2. The fraction of sp³-hybridized carbons (Fsp3) is 0.167. The average Bonchev–Trinajstić information content (AvgIpc) is 2.57. The number of halogens is 2. The minimum absolute atomic E-state index is 0.113. The molecule has 0 atom stereocenters. The largest absolute Gasteiger partial charge is 0.326 e. The van der Waals surface area contributed by atoms with Gasteiger partial charge in [-0.2, -0.15) is 5.10 Å². The van der Waals surface area contributed by atoms with E-state index in [1.807, 2.05) is 48.5 Å². The molecule has 2 aromatic rings. The maximum absolute atomic E-state index is 11.8. The summed E-state index contributed by atoms with van der Waals surface area (Å²) in [6.07, 6.45) is 2.59. The molecule has 0 bridgehead atoms. The number of hydrogen-bond donors (Lipinski definition) is 2. The second-order valence-corrected chi connectivity index (χ2v) is 7.42. The van der Waals surface area contributed by atoms with Gasteiger partial charge in [-0.25, -0.2) is 5.43 Å². The normalized spacial score (nSPS) is 10.6. The third kappa shape index (κ3) is 7.78. The van der Waals surface area contributed by atoms with Crippen LogP contribution in [0, 0.1) is 3.57 Å². The van der Waals surface area contributed by atoms with Crippen LogP contribution < -0.4 is 10.7 Å². The summed E-state index contributed by atoms with van der Waals surface area (Å²) in [5.41, 5.74) is 4.12. The number of nitrogens with one attached hydrogen (secondary N) is 2. The van der Waals surface area contributed by atoms with Gasteiger partial charge >= 0.3 is 0 Å². The third-order valence-electron chi connectivity index (χ3n) is 3.19. The molecule has 5 nitrogen and oxygen atoms in total. The van der Waals surface area contributed by atoms with Crippen molar-refractivity contribution in [3.63, 3.8) is 0 Å². The van der Waals surface area contributed by atoms with Gasteiger partial charge in [0.05, 0.1) is 6.21 Å². The lowest BCUT2D eigenvalue weighted by atomic mass is 10.2. The fourth-order valence-electron chi connectivity index (χ4n) is 1.99. The first-order valence-corrected chi connectivity index (χ1v) is 9.53. The average molecular weight is 514 g/mol. The molecule has 0 saturated heterocycles. The molecule has 0 aromatic heterocycles. The van der Waals surface area contributed by atoms with Gasteiger partial charge in [0, 0.05) is 26.6 Å². The highest BCUT2D eigenvalue weighted by Gasteiger charge is 2.05. The first-order valence-electron chi connectivity index (χ1n) is 7.66. The van der Waals surface area contributed by atoms with Crippen LogP contribution in [-0.4, -0.2) is 18.0 Å². The Morgan fingerprint density at radius 1 is 1.08 bits per heavy atom. The van der Waals surface area contributed by atoms with Crippen molar-refractivity contribution in [2.24, 2.45) is 5.10 Å². The predicted octanol–water partition coefficient (Wildman–Crippen LogP) is 4.31. The molecule has 2 aromatic carbocycles. The zero-order valence-corrected chi connectivity index (χ0v) is 17.1. The smallest absolute Gasteiger partial charge is 0.240 e. The summed E-state index contributed by atoms with van der Waals surface area (Å²) in [4.78, 5) is 23.5. The van der Waals surface area contributed by atoms with Crippen LogP contribution in [0.4, 0.5) is 5.69 Å². The molecular weight excluding hydrogens is 497 g/mol. The zero-order chi connectivity index (χ0) is 18.1. The summed E-state index contributed by atoms with van der Waals surface area (Å²) in [6.45, 7) is 0. The Kier molecular flexibility index (Phi) is 8.07. The Morgan fingerprint density at radius 2 is 1.80 bits per heavy atom. The number of nitrogens with zero attached hydrogens (tertiary/aromatic N) is 1. The first-order chi connectivity index (χ1) is 12.0. The van der Waals surface area contributed by atoms with Crippen molar-refractivity contribution in [2.75, 3.05) is 5.32 Å². The lowest BCUT2D eigenvalue weighted by Gasteiger charge is -2.05. The van der Waals surface area contributed by atoms with Crippen LogP contribution in [0.1, 0.15) is 24.8 Å². The molecule has 2 rings (SSSR count). The lowest BCUT2D eigenvalue weighted by Crippen LogP contribution is -2.18. The van der Waals surface area contributed by atoms with Gasteiger partial charge in [-0.1, -0.05) is 28.1 Å². The van der Waals surface area contributed by atoms with E-state index in [0.29, 0.717) is 6.42 Å². The molecule has 0 heterocycles. The van der Waals surface area contributed by atoms with Crippen molar-refractivity contribution in [1.82, 2.24) is 5.43 Å². The van der Waals surface area contributed by atoms with Gasteiger partial charge < -0.3 is 5.32 Å². The summed E-state index contributed by atoms with van der Waals surface area (Å²) in [5.74, 6) is -0.323. The van der Waals surface area contributed by atoms with Gasteiger partial charge in [0.1, 0.15) is 0 Å². The Bertz CT molecular complexity index is 763. The standard InChI is InChI=1S/C18H17BrIN3O2/c19-14-7-9-16(10-8-14)22-17(24)5-2-6-18(25)23-21-12-13-3-1-4-15(20)11-13/h1,3-4,7-12H,2,5-6H2,(H,22,24)(H,23,25)/b21-12+. The van der Waals surface area contributed by atoms with Crippen molar-refractivity contribution < 1.29 is 9.59 Å². The molecule has 7 heteroatoms. The summed E-state index contributed by atoms with van der Waals surface area (Å²) in [7, 11) is 0. The van der Waals surface area contributed by atoms with Crippen molar-refractivity contribution in [3.8, 4) is 0 Å². The highest BCUT2D eigenvalue weighted by Crippen LogP contribution is 2.14. The molecular formula is C18H17BrIN3O2. The summed E-state index contributed by atoms with van der Waals surface area (Å²) < 4.78 is 2.05. The van der Waals surface area contributed by atoms with Crippen LogP contribution in [0.15, 0.2) is 58.1 Å². The van der Waals surface area contributed by atoms with E-state index in [2.05, 4.69) is 54.4 Å². The number of hydrogen-bond acceptors (Lipinski definition) is 3. The number of carbonyl (C=O) groups excluding carboxylic acids is 2. The Morgan fingerprint density at radius 3 is 2.52 bits per heavy atom. The Balaban J connectivity index is 1.66. The molecule has 2 amide bonds. The number of benzene rings is 2. The van der Waals surface area contributed by atoms with Crippen LogP contribution in [0.5, 0.6) is 0 Å². The second kappa shape index (κ2) is 10.3. The van der Waals surface area contributed by atoms with Gasteiger partial charge in [0.25, 0.3) is 0 Å². The van der Waals surface area contributed by atoms with E-state index >= 15 is 0 Å². The van der Waals surface area contributed by atoms with Crippen LogP contribution in [0.2, 0.25) is 0 Å². The topological polar surface area (TPSA) is 70.6 Å². The molecule has 2 N–H and O–H groups in total. The van der Waals surface area contributed by atoms with Crippen molar-refractivity contribution in [1.29, 1.82) is 0 Å². The van der Waals surface area contributed by atoms with Gasteiger partial charge in [-0.3, -0.25) is 9.59 Å². The van der Waals surface area contributed by atoms with Crippen LogP contribution >= 0.6 is 38.5 Å². The first kappa shape index (κ1) is 19.6. The summed E-state index contributed by atoms with van der Waals surface area (Å²) in [5, 5.41) is 6.71. The number of amides is 2. The minimum atomic E-state index is -0.210. The van der Waals surface area contributed by atoms with Gasteiger partial charge in [-0.15, -0.1) is 0 Å². The van der Waals surface area contributed by atoms with Gasteiger partial charge in [0.2, 0.25) is 11.8 Å². The van der Waals surface area contributed by atoms with Crippen molar-refractivity contribution in [3.05, 3.63) is 62.1 Å². The molecule has 0 radical (unpaired) electrons. The summed E-state index contributed by atoms with van der Waals surface area (Å²) in [6, 6.07) is 15.1. The van der Waals surface area contributed by atoms with Gasteiger partial charge in [0.15, 0.2) is 0 Å². The van der Waals surface area contributed by atoms with E-state index in [1.54, 1.807) is 6.21 Å². The monoisotopic (exact) mass is 513 g/mol. The number of rotatable bonds is 7. The molecule has 25 heavy (non-hydrogen) atoms. The molecule has 130 valence electrons. The lowest BCUT2D eigenvalue weighted by molar-refractivity contribution is -0.121. The van der Waals surface area contributed by atoms with Crippen LogP contribution in [0.3, 0.4) is 0 Å². The molecule has 0 fully saturated rings. The molecule has 0 saturated carbocycles. The summed E-state index contributed by atoms with van der Waals surface area (Å²) >= 11 is 5.55. The van der Waals surface area contributed by atoms with E-state index in [1.165, 1.54) is 0 Å². The van der Waals surface area contributed by atoms with Crippen molar-refractivity contribution >= 4 is 62.2 Å². The fourth-order valence-corrected chi connectivity index (χ4v) is 2.82. The Labute approximate surface area is 168 Å².